The van der Waals surface area contributed by atoms with Crippen molar-refractivity contribution >= 4 is 27.3 Å². The summed E-state index contributed by atoms with van der Waals surface area (Å²) in [4.78, 5) is 11.4. The zero-order chi connectivity index (χ0) is 16.3. The van der Waals surface area contributed by atoms with Gasteiger partial charge in [0, 0.05) is 6.54 Å². The van der Waals surface area contributed by atoms with Crippen LogP contribution in [0.4, 0.5) is 4.39 Å². The lowest BCUT2D eigenvalue weighted by Gasteiger charge is -2.09. The first-order chi connectivity index (χ1) is 10.3. The highest BCUT2D eigenvalue weighted by Crippen LogP contribution is 2.23. The summed E-state index contributed by atoms with van der Waals surface area (Å²) in [7, 11) is -2.71. The standard InChI is InChI=1S/C14H14FNO4S2/c1-9-3-4-11(15)7-10(9)8-16-22(18,19)12-5-6-21-13(12)14(17)20-2/h3-7,16H,8H2,1-2H3. The molecule has 0 aliphatic carbocycles. The molecule has 1 aromatic carbocycles. The average molecular weight is 343 g/mol. The van der Waals surface area contributed by atoms with Gasteiger partial charge in [-0.05, 0) is 41.6 Å². The van der Waals surface area contributed by atoms with E-state index in [9.17, 15) is 17.6 Å². The number of thiophene rings is 1. The summed E-state index contributed by atoms with van der Waals surface area (Å²) in [6, 6.07) is 5.48. The normalized spacial score (nSPS) is 11.4. The molecule has 0 saturated heterocycles. The van der Waals surface area contributed by atoms with Crippen LogP contribution in [0.2, 0.25) is 0 Å². The Morgan fingerprint density at radius 3 is 2.77 bits per heavy atom. The topological polar surface area (TPSA) is 72.5 Å². The highest BCUT2D eigenvalue weighted by Gasteiger charge is 2.24. The van der Waals surface area contributed by atoms with Crippen molar-refractivity contribution < 1.29 is 22.3 Å². The van der Waals surface area contributed by atoms with Gasteiger partial charge in [0.15, 0.2) is 0 Å². The first kappa shape index (κ1) is 16.6. The van der Waals surface area contributed by atoms with Crippen LogP contribution in [0.25, 0.3) is 0 Å². The number of nitrogens with one attached hydrogen (secondary N) is 1. The minimum Gasteiger partial charge on any atom is -0.465 e. The Morgan fingerprint density at radius 2 is 2.09 bits per heavy atom. The predicted molar refractivity (Wildman–Crippen MR) is 80.8 cm³/mol. The van der Waals surface area contributed by atoms with Crippen molar-refractivity contribution in [2.75, 3.05) is 7.11 Å². The van der Waals surface area contributed by atoms with E-state index in [1.54, 1.807) is 13.0 Å². The number of sulfonamides is 1. The molecule has 1 N–H and O–H groups in total. The Kier molecular flexibility index (Phi) is 4.94. The van der Waals surface area contributed by atoms with E-state index in [0.29, 0.717) is 5.56 Å². The van der Waals surface area contributed by atoms with E-state index in [1.165, 1.54) is 30.7 Å². The molecule has 0 aliphatic rings. The highest BCUT2D eigenvalue weighted by molar-refractivity contribution is 7.89. The number of benzene rings is 1. The molecule has 0 unspecified atom stereocenters. The Morgan fingerprint density at radius 1 is 1.36 bits per heavy atom. The molecule has 5 nitrogen and oxygen atoms in total. The number of hydrogen-bond acceptors (Lipinski definition) is 5. The van der Waals surface area contributed by atoms with Gasteiger partial charge in [-0.15, -0.1) is 11.3 Å². The van der Waals surface area contributed by atoms with Crippen LogP contribution in [0, 0.1) is 12.7 Å². The quantitative estimate of drug-likeness (QED) is 0.847. The number of esters is 1. The second-order valence-corrected chi connectivity index (χ2v) is 7.15. The van der Waals surface area contributed by atoms with Crippen molar-refractivity contribution in [3.05, 3.63) is 51.5 Å². The molecule has 0 bridgehead atoms. The summed E-state index contributed by atoms with van der Waals surface area (Å²) < 4.78 is 44.7. The lowest BCUT2D eigenvalue weighted by atomic mass is 10.1. The lowest BCUT2D eigenvalue weighted by molar-refractivity contribution is 0.0602. The molecule has 0 spiro atoms. The maximum atomic E-state index is 13.2. The minimum atomic E-state index is -3.89. The van der Waals surface area contributed by atoms with Crippen molar-refractivity contribution in [1.29, 1.82) is 0 Å². The van der Waals surface area contributed by atoms with Gasteiger partial charge in [0.2, 0.25) is 10.0 Å². The van der Waals surface area contributed by atoms with Gasteiger partial charge < -0.3 is 4.74 Å². The fourth-order valence-corrected chi connectivity index (χ4v) is 4.17. The molecule has 0 amide bonds. The fraction of sp³-hybridized carbons (Fsp3) is 0.214. The van der Waals surface area contributed by atoms with Crippen LogP contribution >= 0.6 is 11.3 Å². The molecule has 1 heterocycles. The first-order valence-electron chi connectivity index (χ1n) is 6.25. The van der Waals surface area contributed by atoms with Crippen molar-refractivity contribution in [1.82, 2.24) is 4.72 Å². The van der Waals surface area contributed by atoms with Crippen LogP contribution < -0.4 is 4.72 Å². The molecule has 0 fully saturated rings. The Bertz CT molecular complexity index is 799. The van der Waals surface area contributed by atoms with Gasteiger partial charge in [-0.2, -0.15) is 0 Å². The highest BCUT2D eigenvalue weighted by atomic mass is 32.2. The summed E-state index contributed by atoms with van der Waals surface area (Å²) >= 11 is 0.983. The van der Waals surface area contributed by atoms with Gasteiger partial charge in [0.05, 0.1) is 7.11 Å². The Balaban J connectivity index is 2.24. The molecule has 0 atom stereocenters. The maximum absolute atomic E-state index is 13.2. The third-order valence-corrected chi connectivity index (χ3v) is 5.52. The van der Waals surface area contributed by atoms with Crippen LogP contribution in [0.1, 0.15) is 20.8 Å². The van der Waals surface area contributed by atoms with E-state index in [-0.39, 0.29) is 16.3 Å². The van der Waals surface area contributed by atoms with E-state index in [0.717, 1.165) is 16.9 Å². The van der Waals surface area contributed by atoms with Crippen LogP contribution in [-0.2, 0) is 21.3 Å². The van der Waals surface area contributed by atoms with Gasteiger partial charge in [0.25, 0.3) is 0 Å². The first-order valence-corrected chi connectivity index (χ1v) is 8.62. The number of methoxy groups -OCH3 is 1. The number of aryl methyl sites for hydroxylation is 1. The van der Waals surface area contributed by atoms with Gasteiger partial charge in [-0.3, -0.25) is 0 Å². The molecule has 1 aromatic heterocycles. The molecule has 118 valence electrons. The lowest BCUT2D eigenvalue weighted by Crippen LogP contribution is -2.25. The summed E-state index contributed by atoms with van der Waals surface area (Å²) in [5, 5.41) is 1.49. The van der Waals surface area contributed by atoms with Gasteiger partial charge in [0.1, 0.15) is 15.6 Å². The van der Waals surface area contributed by atoms with Crippen molar-refractivity contribution in [2.45, 2.75) is 18.4 Å². The Hall–Kier alpha value is -1.77. The van der Waals surface area contributed by atoms with Crippen LogP contribution in [-0.4, -0.2) is 21.5 Å². The van der Waals surface area contributed by atoms with Crippen molar-refractivity contribution in [3.8, 4) is 0 Å². The third-order valence-electron chi connectivity index (χ3n) is 3.05. The number of hydrogen-bond donors (Lipinski definition) is 1. The van der Waals surface area contributed by atoms with Gasteiger partial charge in [-0.25, -0.2) is 22.3 Å². The molecule has 0 radical (unpaired) electrons. The van der Waals surface area contributed by atoms with Crippen LogP contribution in [0.3, 0.4) is 0 Å². The smallest absolute Gasteiger partial charge is 0.349 e. The molecule has 8 heteroatoms. The summed E-state index contributed by atoms with van der Waals surface area (Å²) in [6.45, 7) is 1.69. The number of carbonyl (C=O) groups is 1. The largest absolute Gasteiger partial charge is 0.465 e. The summed E-state index contributed by atoms with van der Waals surface area (Å²) in [6.07, 6.45) is 0. The Labute approximate surface area is 131 Å². The summed E-state index contributed by atoms with van der Waals surface area (Å²) in [5.74, 6) is -1.15. The van der Waals surface area contributed by atoms with Crippen molar-refractivity contribution in [3.63, 3.8) is 0 Å². The van der Waals surface area contributed by atoms with E-state index in [4.69, 9.17) is 0 Å². The van der Waals surface area contributed by atoms with Crippen LogP contribution in [0.5, 0.6) is 0 Å². The van der Waals surface area contributed by atoms with E-state index < -0.39 is 21.8 Å². The predicted octanol–water partition coefficient (Wildman–Crippen LogP) is 2.46. The number of carbonyl (C=O) groups excluding carboxylic acids is 1. The zero-order valence-electron chi connectivity index (χ0n) is 11.9. The average Bonchev–Trinajstić information content (AvgIpc) is 2.98. The van der Waals surface area contributed by atoms with E-state index >= 15 is 0 Å². The number of ether oxygens (including phenoxy) is 1. The second-order valence-electron chi connectivity index (χ2n) is 4.50. The van der Waals surface area contributed by atoms with Gasteiger partial charge in [-0.1, -0.05) is 6.07 Å². The van der Waals surface area contributed by atoms with Crippen molar-refractivity contribution in [2.24, 2.45) is 0 Å². The molecule has 0 aliphatic heterocycles. The molecule has 0 saturated carbocycles. The molecule has 2 rings (SSSR count). The van der Waals surface area contributed by atoms with Gasteiger partial charge >= 0.3 is 5.97 Å². The minimum absolute atomic E-state index is 0.00552. The SMILES string of the molecule is COC(=O)c1sccc1S(=O)(=O)NCc1cc(F)ccc1C. The second kappa shape index (κ2) is 6.55. The summed E-state index contributed by atoms with van der Waals surface area (Å²) in [5.41, 5.74) is 1.29. The molecular formula is C14H14FNO4S2. The number of halogens is 1. The third kappa shape index (κ3) is 3.52. The fourth-order valence-electron chi connectivity index (χ4n) is 1.83. The van der Waals surface area contributed by atoms with Crippen LogP contribution in [0.15, 0.2) is 34.5 Å². The van der Waals surface area contributed by atoms with E-state index in [1.807, 2.05) is 0 Å². The molecule has 2 aromatic rings. The maximum Gasteiger partial charge on any atom is 0.349 e. The van der Waals surface area contributed by atoms with E-state index in [2.05, 4.69) is 9.46 Å². The molecule has 22 heavy (non-hydrogen) atoms. The zero-order valence-corrected chi connectivity index (χ0v) is 13.6. The molecular weight excluding hydrogens is 329 g/mol. The number of rotatable bonds is 5. The monoisotopic (exact) mass is 343 g/mol.